The molecule has 0 fully saturated rings. The van der Waals surface area contributed by atoms with E-state index in [-0.39, 0.29) is 0 Å². The van der Waals surface area contributed by atoms with Gasteiger partial charge in [0, 0.05) is 29.1 Å². The van der Waals surface area contributed by atoms with Crippen LogP contribution in [0.4, 0.5) is 5.69 Å². The Kier molecular flexibility index (Phi) is 4.58. The summed E-state index contributed by atoms with van der Waals surface area (Å²) < 4.78 is 4.75. The number of anilines is 1. The molecule has 0 saturated heterocycles. The number of nitrogens with zero attached hydrogens (tertiary/aromatic N) is 1. The van der Waals surface area contributed by atoms with Gasteiger partial charge in [0.2, 0.25) is 0 Å². The highest BCUT2D eigenvalue weighted by molar-refractivity contribution is 6.31. The highest BCUT2D eigenvalue weighted by Gasteiger charge is 2.12. The number of ether oxygens (including phenoxy) is 1. The number of halogens is 1. The number of methoxy groups -OCH3 is 1. The highest BCUT2D eigenvalue weighted by atomic mass is 35.5. The lowest BCUT2D eigenvalue weighted by molar-refractivity contribution is 0.0602. The Labute approximate surface area is 122 Å². The van der Waals surface area contributed by atoms with Crippen LogP contribution >= 0.6 is 11.6 Å². The second kappa shape index (κ2) is 6.39. The largest absolute Gasteiger partial charge is 0.465 e. The SMILES string of the molecule is COC(=O)c1cc(Cl)ccc1NCc1ccc(C)nc1. The molecule has 0 unspecified atom stereocenters. The molecule has 0 aliphatic carbocycles. The van der Waals surface area contributed by atoms with Crippen molar-refractivity contribution in [3.05, 3.63) is 58.4 Å². The zero-order valence-corrected chi connectivity index (χ0v) is 12.1. The van der Waals surface area contributed by atoms with Crippen LogP contribution < -0.4 is 5.32 Å². The average Bonchev–Trinajstić information content (AvgIpc) is 2.46. The predicted molar refractivity (Wildman–Crippen MR) is 79.1 cm³/mol. The molecule has 0 atom stereocenters. The monoisotopic (exact) mass is 290 g/mol. The smallest absolute Gasteiger partial charge is 0.340 e. The van der Waals surface area contributed by atoms with Gasteiger partial charge >= 0.3 is 5.97 Å². The Balaban J connectivity index is 2.16. The van der Waals surface area contributed by atoms with Gasteiger partial charge in [-0.05, 0) is 36.8 Å². The van der Waals surface area contributed by atoms with Crippen molar-refractivity contribution >= 4 is 23.3 Å². The van der Waals surface area contributed by atoms with Gasteiger partial charge in [-0.3, -0.25) is 4.98 Å². The predicted octanol–water partition coefficient (Wildman–Crippen LogP) is 3.44. The molecule has 0 saturated carbocycles. The number of aromatic nitrogens is 1. The van der Waals surface area contributed by atoms with E-state index in [4.69, 9.17) is 16.3 Å². The molecule has 20 heavy (non-hydrogen) atoms. The van der Waals surface area contributed by atoms with Gasteiger partial charge in [0.05, 0.1) is 12.7 Å². The fraction of sp³-hybridized carbons (Fsp3) is 0.200. The van der Waals surface area contributed by atoms with Gasteiger partial charge in [-0.2, -0.15) is 0 Å². The molecule has 2 aromatic rings. The first-order valence-electron chi connectivity index (χ1n) is 6.13. The van der Waals surface area contributed by atoms with Gasteiger partial charge in [-0.1, -0.05) is 17.7 Å². The summed E-state index contributed by atoms with van der Waals surface area (Å²) in [5.41, 5.74) is 3.10. The number of rotatable bonds is 4. The lowest BCUT2D eigenvalue weighted by Crippen LogP contribution is -2.08. The minimum absolute atomic E-state index is 0.417. The summed E-state index contributed by atoms with van der Waals surface area (Å²) >= 11 is 5.91. The van der Waals surface area contributed by atoms with E-state index in [9.17, 15) is 4.79 Å². The van der Waals surface area contributed by atoms with Gasteiger partial charge in [0.15, 0.2) is 0 Å². The molecule has 0 bridgehead atoms. The quantitative estimate of drug-likeness (QED) is 0.876. The van der Waals surface area contributed by atoms with Crippen molar-refractivity contribution in [3.63, 3.8) is 0 Å². The summed E-state index contributed by atoms with van der Waals surface area (Å²) in [6.07, 6.45) is 1.80. The zero-order chi connectivity index (χ0) is 14.5. The molecule has 1 N–H and O–H groups in total. The summed E-state index contributed by atoms with van der Waals surface area (Å²) in [5.74, 6) is -0.419. The number of carbonyl (C=O) groups excluding carboxylic acids is 1. The van der Waals surface area contributed by atoms with Crippen LogP contribution in [0.2, 0.25) is 5.02 Å². The van der Waals surface area contributed by atoms with Crippen LogP contribution in [0.25, 0.3) is 0 Å². The van der Waals surface area contributed by atoms with Crippen LogP contribution in [-0.4, -0.2) is 18.1 Å². The number of hydrogen-bond donors (Lipinski definition) is 1. The van der Waals surface area contributed by atoms with Crippen LogP contribution in [0.3, 0.4) is 0 Å². The topological polar surface area (TPSA) is 51.2 Å². The Morgan fingerprint density at radius 2 is 2.15 bits per heavy atom. The molecule has 0 radical (unpaired) electrons. The van der Waals surface area contributed by atoms with Crippen LogP contribution in [0.5, 0.6) is 0 Å². The van der Waals surface area contributed by atoms with Gasteiger partial charge in [-0.15, -0.1) is 0 Å². The van der Waals surface area contributed by atoms with Crippen molar-refractivity contribution in [1.82, 2.24) is 4.98 Å². The summed E-state index contributed by atoms with van der Waals surface area (Å²) in [4.78, 5) is 15.9. The summed E-state index contributed by atoms with van der Waals surface area (Å²) in [6, 6.07) is 9.01. The Bertz CT molecular complexity index is 612. The van der Waals surface area contributed by atoms with E-state index >= 15 is 0 Å². The van der Waals surface area contributed by atoms with Crippen LogP contribution in [0, 0.1) is 6.92 Å². The van der Waals surface area contributed by atoms with Gasteiger partial charge < -0.3 is 10.1 Å². The van der Waals surface area contributed by atoms with Crippen molar-refractivity contribution in [2.24, 2.45) is 0 Å². The van der Waals surface area contributed by atoms with Crippen LogP contribution in [-0.2, 0) is 11.3 Å². The minimum atomic E-state index is -0.419. The van der Waals surface area contributed by atoms with Gasteiger partial charge in [-0.25, -0.2) is 4.79 Å². The molecule has 4 nitrogen and oxygen atoms in total. The van der Waals surface area contributed by atoms with E-state index in [1.807, 2.05) is 19.1 Å². The number of pyridine rings is 1. The molecule has 1 aromatic heterocycles. The number of esters is 1. The fourth-order valence-electron chi connectivity index (χ4n) is 1.75. The van der Waals surface area contributed by atoms with E-state index in [0.29, 0.717) is 22.8 Å². The fourth-order valence-corrected chi connectivity index (χ4v) is 1.92. The van der Waals surface area contributed by atoms with E-state index in [1.165, 1.54) is 7.11 Å². The maximum Gasteiger partial charge on any atom is 0.340 e. The minimum Gasteiger partial charge on any atom is -0.465 e. The van der Waals surface area contributed by atoms with E-state index < -0.39 is 5.97 Å². The number of nitrogens with one attached hydrogen (secondary N) is 1. The first-order chi connectivity index (χ1) is 9.60. The number of carbonyl (C=O) groups is 1. The molecule has 1 heterocycles. The van der Waals surface area contributed by atoms with E-state index in [2.05, 4.69) is 10.3 Å². The molecule has 0 spiro atoms. The molecular formula is C15H15ClN2O2. The third kappa shape index (κ3) is 3.48. The molecule has 2 rings (SSSR count). The number of benzene rings is 1. The second-order valence-corrected chi connectivity index (χ2v) is 4.78. The molecule has 0 amide bonds. The molecule has 5 heteroatoms. The highest BCUT2D eigenvalue weighted by Crippen LogP contribution is 2.22. The molecule has 0 aliphatic rings. The molecular weight excluding hydrogens is 276 g/mol. The summed E-state index contributed by atoms with van der Waals surface area (Å²) in [5, 5.41) is 3.69. The molecule has 0 aliphatic heterocycles. The Morgan fingerprint density at radius 1 is 1.35 bits per heavy atom. The summed E-state index contributed by atoms with van der Waals surface area (Å²) in [6.45, 7) is 2.50. The maximum absolute atomic E-state index is 11.7. The van der Waals surface area contributed by atoms with Crippen LogP contribution in [0.1, 0.15) is 21.6 Å². The van der Waals surface area contributed by atoms with Crippen LogP contribution in [0.15, 0.2) is 36.5 Å². The first-order valence-corrected chi connectivity index (χ1v) is 6.51. The standard InChI is InChI=1S/C15H15ClN2O2/c1-10-3-4-11(8-17-10)9-18-14-6-5-12(16)7-13(14)15(19)20-2/h3-8,18H,9H2,1-2H3. The molecule has 104 valence electrons. The average molecular weight is 291 g/mol. The number of hydrogen-bond acceptors (Lipinski definition) is 4. The van der Waals surface area contributed by atoms with Crippen molar-refractivity contribution in [1.29, 1.82) is 0 Å². The Hall–Kier alpha value is -2.07. The first kappa shape index (κ1) is 14.3. The van der Waals surface area contributed by atoms with Crippen molar-refractivity contribution in [2.75, 3.05) is 12.4 Å². The van der Waals surface area contributed by atoms with Crippen molar-refractivity contribution < 1.29 is 9.53 Å². The number of aryl methyl sites for hydroxylation is 1. The third-order valence-corrected chi connectivity index (χ3v) is 3.08. The lowest BCUT2D eigenvalue weighted by Gasteiger charge is -2.11. The van der Waals surface area contributed by atoms with E-state index in [0.717, 1.165) is 11.3 Å². The normalized spacial score (nSPS) is 10.2. The molecule has 1 aromatic carbocycles. The van der Waals surface area contributed by atoms with Crippen molar-refractivity contribution in [2.45, 2.75) is 13.5 Å². The lowest BCUT2D eigenvalue weighted by atomic mass is 10.1. The van der Waals surface area contributed by atoms with Gasteiger partial charge in [0.1, 0.15) is 0 Å². The van der Waals surface area contributed by atoms with Gasteiger partial charge in [0.25, 0.3) is 0 Å². The van der Waals surface area contributed by atoms with Crippen molar-refractivity contribution in [3.8, 4) is 0 Å². The van der Waals surface area contributed by atoms with E-state index in [1.54, 1.807) is 24.4 Å². The third-order valence-electron chi connectivity index (χ3n) is 2.84. The summed E-state index contributed by atoms with van der Waals surface area (Å²) in [7, 11) is 1.34. The Morgan fingerprint density at radius 3 is 2.80 bits per heavy atom. The maximum atomic E-state index is 11.7. The zero-order valence-electron chi connectivity index (χ0n) is 11.3. The second-order valence-electron chi connectivity index (χ2n) is 4.34.